The highest BCUT2D eigenvalue weighted by atomic mass is 15.0. The number of hydrogen-bond acceptors (Lipinski definition) is 1. The predicted octanol–water partition coefficient (Wildman–Crippen LogP) is 2.76. The van der Waals surface area contributed by atoms with Crippen molar-refractivity contribution in [3.05, 3.63) is 35.5 Å². The molecule has 2 heteroatoms. The minimum absolute atomic E-state index is 0.543. The van der Waals surface area contributed by atoms with Crippen LogP contribution in [0.3, 0.4) is 0 Å². The Kier molecular flexibility index (Phi) is 1.86. The van der Waals surface area contributed by atoms with Crippen LogP contribution in [0.15, 0.2) is 24.3 Å². The fourth-order valence-corrected chi connectivity index (χ4v) is 2.56. The average Bonchev–Trinajstić information content (AvgIpc) is 2.54. The van der Waals surface area contributed by atoms with Gasteiger partial charge in [-0.05, 0) is 24.5 Å². The number of H-pyrrole nitrogens is 1. The van der Waals surface area contributed by atoms with Crippen molar-refractivity contribution in [1.82, 2.24) is 10.3 Å². The lowest BCUT2D eigenvalue weighted by Crippen LogP contribution is -2.44. The summed E-state index contributed by atoms with van der Waals surface area (Å²) in [5, 5.41) is 4.88. The van der Waals surface area contributed by atoms with Gasteiger partial charge in [0.05, 0.1) is 0 Å². The van der Waals surface area contributed by atoms with Crippen molar-refractivity contribution in [3.8, 4) is 0 Å². The number of nitrogens with one attached hydrogen (secondary N) is 2. The Balaban J connectivity index is 2.20. The summed E-state index contributed by atoms with van der Waals surface area (Å²) >= 11 is 0. The molecule has 1 aliphatic rings. The first-order valence-electron chi connectivity index (χ1n) is 5.58. The smallest absolute Gasteiger partial charge is 0.0459 e. The third-order valence-electron chi connectivity index (χ3n) is 3.48. The zero-order valence-electron chi connectivity index (χ0n) is 9.17. The second kappa shape index (κ2) is 3.11. The molecule has 1 aliphatic heterocycles. The molecule has 1 fully saturated rings. The van der Waals surface area contributed by atoms with E-state index in [0.29, 0.717) is 6.04 Å². The first-order valence-corrected chi connectivity index (χ1v) is 5.58. The number of hydrogen-bond donors (Lipinski definition) is 2. The summed E-state index contributed by atoms with van der Waals surface area (Å²) in [6, 6.07) is 9.10. The monoisotopic (exact) mass is 200 g/mol. The number of fused-ring (bicyclic) bond motifs is 1. The molecule has 0 radical (unpaired) electrons. The number of benzene rings is 1. The van der Waals surface area contributed by atoms with Crippen LogP contribution in [0.5, 0.6) is 0 Å². The molecule has 2 unspecified atom stereocenters. The lowest BCUT2D eigenvalue weighted by molar-refractivity contribution is 0.259. The average molecular weight is 200 g/mol. The van der Waals surface area contributed by atoms with Crippen molar-refractivity contribution in [3.63, 3.8) is 0 Å². The summed E-state index contributed by atoms with van der Waals surface area (Å²) < 4.78 is 0. The van der Waals surface area contributed by atoms with Crippen LogP contribution >= 0.6 is 0 Å². The maximum atomic E-state index is 3.51. The quantitative estimate of drug-likeness (QED) is 0.728. The summed E-state index contributed by atoms with van der Waals surface area (Å²) in [5.41, 5.74) is 4.02. The third-order valence-corrected chi connectivity index (χ3v) is 3.48. The molecular formula is C13H16N2. The van der Waals surface area contributed by atoms with E-state index >= 15 is 0 Å². The summed E-state index contributed by atoms with van der Waals surface area (Å²) in [7, 11) is 0. The highest BCUT2D eigenvalue weighted by Gasteiger charge is 2.30. The molecule has 2 aromatic rings. The van der Waals surface area contributed by atoms with Crippen LogP contribution in [-0.2, 0) is 0 Å². The third kappa shape index (κ3) is 1.21. The highest BCUT2D eigenvalue weighted by Crippen LogP contribution is 2.35. The van der Waals surface area contributed by atoms with Crippen LogP contribution in [-0.4, -0.2) is 11.5 Å². The van der Waals surface area contributed by atoms with Gasteiger partial charge in [-0.25, -0.2) is 0 Å². The topological polar surface area (TPSA) is 27.8 Å². The summed E-state index contributed by atoms with van der Waals surface area (Å²) in [6.45, 7) is 5.62. The Bertz CT molecular complexity index is 498. The molecule has 0 saturated carbocycles. The molecule has 1 aromatic carbocycles. The molecule has 0 amide bonds. The Morgan fingerprint density at radius 2 is 2.07 bits per heavy atom. The Morgan fingerprint density at radius 3 is 2.73 bits per heavy atom. The zero-order valence-corrected chi connectivity index (χ0v) is 9.17. The van der Waals surface area contributed by atoms with Crippen LogP contribution < -0.4 is 5.32 Å². The first kappa shape index (κ1) is 8.98. The second-order valence-electron chi connectivity index (χ2n) is 4.57. The van der Waals surface area contributed by atoms with Gasteiger partial charge in [0, 0.05) is 29.2 Å². The molecular weight excluding hydrogens is 184 g/mol. The van der Waals surface area contributed by atoms with Gasteiger partial charge in [0.25, 0.3) is 0 Å². The molecule has 2 N–H and O–H groups in total. The maximum Gasteiger partial charge on any atom is 0.0459 e. The fourth-order valence-electron chi connectivity index (χ4n) is 2.56. The Morgan fingerprint density at radius 1 is 1.27 bits per heavy atom. The lowest BCUT2D eigenvalue weighted by atomic mass is 9.86. The fraction of sp³-hybridized carbons (Fsp3) is 0.385. The molecule has 2 heterocycles. The van der Waals surface area contributed by atoms with Gasteiger partial charge in [-0.3, -0.25) is 0 Å². The second-order valence-corrected chi connectivity index (χ2v) is 4.57. The van der Waals surface area contributed by atoms with E-state index in [4.69, 9.17) is 0 Å². The zero-order chi connectivity index (χ0) is 10.4. The number of aromatic nitrogens is 1. The summed E-state index contributed by atoms with van der Waals surface area (Å²) in [5.74, 6) is 0.753. The number of aryl methyl sites for hydroxylation is 1. The molecule has 2 nitrogen and oxygen atoms in total. The van der Waals surface area contributed by atoms with Crippen molar-refractivity contribution < 1.29 is 0 Å². The molecule has 1 saturated heterocycles. The van der Waals surface area contributed by atoms with E-state index in [0.717, 1.165) is 12.5 Å². The van der Waals surface area contributed by atoms with Crippen molar-refractivity contribution in [2.75, 3.05) is 6.54 Å². The molecule has 1 aromatic heterocycles. The van der Waals surface area contributed by atoms with Crippen molar-refractivity contribution in [1.29, 1.82) is 0 Å². The normalized spacial score (nSPS) is 25.5. The van der Waals surface area contributed by atoms with E-state index in [9.17, 15) is 0 Å². The molecule has 0 bridgehead atoms. The van der Waals surface area contributed by atoms with E-state index in [1.165, 1.54) is 22.2 Å². The van der Waals surface area contributed by atoms with Gasteiger partial charge in [-0.1, -0.05) is 25.1 Å². The van der Waals surface area contributed by atoms with Gasteiger partial charge in [-0.15, -0.1) is 0 Å². The van der Waals surface area contributed by atoms with E-state index < -0.39 is 0 Å². The van der Waals surface area contributed by atoms with Crippen LogP contribution in [0.2, 0.25) is 0 Å². The molecule has 15 heavy (non-hydrogen) atoms. The van der Waals surface area contributed by atoms with Crippen molar-refractivity contribution in [2.45, 2.75) is 19.9 Å². The van der Waals surface area contributed by atoms with Gasteiger partial charge in [-0.2, -0.15) is 0 Å². The van der Waals surface area contributed by atoms with Gasteiger partial charge in [0.2, 0.25) is 0 Å². The van der Waals surface area contributed by atoms with E-state index in [2.05, 4.69) is 48.4 Å². The molecule has 78 valence electrons. The summed E-state index contributed by atoms with van der Waals surface area (Å²) in [6.07, 6.45) is 0. The minimum Gasteiger partial charge on any atom is -0.358 e. The van der Waals surface area contributed by atoms with Gasteiger partial charge in [0.15, 0.2) is 0 Å². The van der Waals surface area contributed by atoms with Gasteiger partial charge in [0.1, 0.15) is 0 Å². The number of aromatic amines is 1. The predicted molar refractivity (Wildman–Crippen MR) is 62.9 cm³/mol. The molecule has 0 aliphatic carbocycles. The van der Waals surface area contributed by atoms with E-state index in [1.54, 1.807) is 0 Å². The minimum atomic E-state index is 0.543. The van der Waals surface area contributed by atoms with Gasteiger partial charge < -0.3 is 10.3 Å². The number of rotatable bonds is 1. The van der Waals surface area contributed by atoms with Crippen LogP contribution in [0.25, 0.3) is 10.9 Å². The van der Waals surface area contributed by atoms with Crippen LogP contribution in [0, 0.1) is 12.8 Å². The number of para-hydroxylation sites is 1. The van der Waals surface area contributed by atoms with Gasteiger partial charge >= 0.3 is 0 Å². The highest BCUT2D eigenvalue weighted by molar-refractivity contribution is 5.85. The van der Waals surface area contributed by atoms with Crippen LogP contribution in [0.4, 0.5) is 0 Å². The van der Waals surface area contributed by atoms with E-state index in [1.807, 2.05) is 0 Å². The Labute approximate surface area is 89.7 Å². The molecule has 3 rings (SSSR count). The lowest BCUT2D eigenvalue weighted by Gasteiger charge is -2.36. The van der Waals surface area contributed by atoms with Crippen molar-refractivity contribution >= 4 is 10.9 Å². The largest absolute Gasteiger partial charge is 0.358 e. The molecule has 0 spiro atoms. The van der Waals surface area contributed by atoms with E-state index in [-0.39, 0.29) is 0 Å². The Hall–Kier alpha value is -1.28. The SMILES string of the molecule is Cc1[nH]c2ccccc2c1C1NCC1C. The summed E-state index contributed by atoms with van der Waals surface area (Å²) in [4.78, 5) is 3.46. The first-order chi connectivity index (χ1) is 7.27. The molecule has 2 atom stereocenters. The standard InChI is InChI=1S/C13H16N2/c1-8-7-14-13(8)12-9(2)15-11-6-4-3-5-10(11)12/h3-6,8,13-15H,7H2,1-2H3. The maximum absolute atomic E-state index is 3.51. The van der Waals surface area contributed by atoms with Crippen LogP contribution in [0.1, 0.15) is 24.2 Å². The van der Waals surface area contributed by atoms with Crippen molar-refractivity contribution in [2.24, 2.45) is 5.92 Å².